The average molecular weight is 339 g/mol. The molecule has 0 fully saturated rings. The Hall–Kier alpha value is -1.89. The second-order valence-corrected chi connectivity index (χ2v) is 7.59. The summed E-state index contributed by atoms with van der Waals surface area (Å²) in [6.07, 6.45) is 0. The monoisotopic (exact) mass is 339 g/mol. The number of nitrogens with one attached hydrogen (secondary N) is 2. The lowest BCUT2D eigenvalue weighted by Gasteiger charge is -2.25. The highest BCUT2D eigenvalue weighted by Crippen LogP contribution is 2.14. The Morgan fingerprint density at radius 3 is 2.35 bits per heavy atom. The molecule has 128 valence electrons. The van der Waals surface area contributed by atoms with Crippen molar-refractivity contribution in [2.75, 3.05) is 19.6 Å². The molecule has 6 nitrogen and oxygen atoms in total. The van der Waals surface area contributed by atoms with Crippen LogP contribution in [0.4, 0.5) is 0 Å². The SMILES string of the molecule is CCN(CC(=O)NC(C)(C)C)C(=O)CNC(=O)c1ccc(C)s1. The van der Waals surface area contributed by atoms with Gasteiger partial charge >= 0.3 is 0 Å². The van der Waals surface area contributed by atoms with Crippen LogP contribution in [0.2, 0.25) is 0 Å². The second-order valence-electron chi connectivity index (χ2n) is 6.30. The predicted molar refractivity (Wildman–Crippen MR) is 91.5 cm³/mol. The molecule has 0 spiro atoms. The molecule has 0 aliphatic rings. The van der Waals surface area contributed by atoms with Gasteiger partial charge in [0.05, 0.1) is 18.0 Å². The summed E-state index contributed by atoms with van der Waals surface area (Å²) < 4.78 is 0. The minimum absolute atomic E-state index is 0.0133. The molecule has 2 N–H and O–H groups in total. The fraction of sp³-hybridized carbons (Fsp3) is 0.562. The predicted octanol–water partition coefficient (Wildman–Crippen LogP) is 1.55. The van der Waals surface area contributed by atoms with Crippen molar-refractivity contribution in [3.05, 3.63) is 21.9 Å². The van der Waals surface area contributed by atoms with Gasteiger partial charge in [-0.15, -0.1) is 11.3 Å². The van der Waals surface area contributed by atoms with Crippen molar-refractivity contribution in [3.8, 4) is 0 Å². The lowest BCUT2D eigenvalue weighted by Crippen LogP contribution is -2.49. The molecule has 0 saturated heterocycles. The van der Waals surface area contributed by atoms with E-state index in [9.17, 15) is 14.4 Å². The summed E-state index contributed by atoms with van der Waals surface area (Å²) in [4.78, 5) is 39.0. The summed E-state index contributed by atoms with van der Waals surface area (Å²) >= 11 is 1.38. The van der Waals surface area contributed by atoms with Crippen molar-refractivity contribution in [3.63, 3.8) is 0 Å². The van der Waals surface area contributed by atoms with Crippen LogP contribution >= 0.6 is 11.3 Å². The van der Waals surface area contributed by atoms with E-state index in [0.29, 0.717) is 11.4 Å². The summed E-state index contributed by atoms with van der Waals surface area (Å²) in [5.41, 5.74) is -0.342. The molecule has 0 aromatic carbocycles. The van der Waals surface area contributed by atoms with Crippen LogP contribution < -0.4 is 10.6 Å². The number of thiophene rings is 1. The Bertz CT molecular complexity index is 575. The third-order valence-electron chi connectivity index (χ3n) is 2.95. The lowest BCUT2D eigenvalue weighted by molar-refractivity contribution is -0.135. The van der Waals surface area contributed by atoms with Crippen molar-refractivity contribution in [1.29, 1.82) is 0 Å². The molecule has 1 heterocycles. The number of amides is 3. The number of hydrogen-bond donors (Lipinski definition) is 2. The van der Waals surface area contributed by atoms with Crippen molar-refractivity contribution >= 4 is 29.1 Å². The highest BCUT2D eigenvalue weighted by atomic mass is 32.1. The Morgan fingerprint density at radius 1 is 1.22 bits per heavy atom. The Labute approximate surface area is 141 Å². The molecule has 3 amide bonds. The minimum Gasteiger partial charge on any atom is -0.350 e. The zero-order valence-electron chi connectivity index (χ0n) is 14.4. The van der Waals surface area contributed by atoms with Gasteiger partial charge in [-0.3, -0.25) is 14.4 Å². The van der Waals surface area contributed by atoms with E-state index in [2.05, 4.69) is 10.6 Å². The molecular weight excluding hydrogens is 314 g/mol. The lowest BCUT2D eigenvalue weighted by atomic mass is 10.1. The number of rotatable bonds is 6. The molecule has 1 aromatic rings. The van der Waals surface area contributed by atoms with E-state index in [-0.39, 0.29) is 36.3 Å². The summed E-state index contributed by atoms with van der Waals surface area (Å²) in [5.74, 6) is -0.766. The van der Waals surface area contributed by atoms with Crippen LogP contribution in [-0.4, -0.2) is 47.8 Å². The van der Waals surface area contributed by atoms with E-state index in [1.807, 2.05) is 33.8 Å². The first kappa shape index (κ1) is 19.2. The quantitative estimate of drug-likeness (QED) is 0.825. The molecule has 0 atom stereocenters. The van der Waals surface area contributed by atoms with Gasteiger partial charge in [-0.05, 0) is 46.8 Å². The maximum absolute atomic E-state index is 12.2. The molecule has 0 aliphatic heterocycles. The molecule has 1 aromatic heterocycles. The van der Waals surface area contributed by atoms with Crippen LogP contribution in [0.25, 0.3) is 0 Å². The second kappa shape index (κ2) is 8.10. The van der Waals surface area contributed by atoms with E-state index in [0.717, 1.165) is 4.88 Å². The normalized spacial score (nSPS) is 11.0. The summed E-state index contributed by atoms with van der Waals surface area (Å²) in [7, 11) is 0. The molecule has 0 radical (unpaired) electrons. The Morgan fingerprint density at radius 2 is 1.87 bits per heavy atom. The third-order valence-corrected chi connectivity index (χ3v) is 3.95. The van der Waals surface area contributed by atoms with Crippen LogP contribution in [0, 0.1) is 6.92 Å². The standard InChI is InChI=1S/C16H25N3O3S/c1-6-19(10-13(20)18-16(3,4)5)14(21)9-17-15(22)12-8-7-11(2)23-12/h7-8H,6,9-10H2,1-5H3,(H,17,22)(H,18,20). The smallest absolute Gasteiger partial charge is 0.261 e. The van der Waals surface area contributed by atoms with E-state index in [1.54, 1.807) is 13.0 Å². The van der Waals surface area contributed by atoms with Crippen LogP contribution in [-0.2, 0) is 9.59 Å². The van der Waals surface area contributed by atoms with Crippen molar-refractivity contribution in [2.24, 2.45) is 0 Å². The van der Waals surface area contributed by atoms with E-state index >= 15 is 0 Å². The van der Waals surface area contributed by atoms with Crippen molar-refractivity contribution in [1.82, 2.24) is 15.5 Å². The molecule has 23 heavy (non-hydrogen) atoms. The van der Waals surface area contributed by atoms with Gasteiger partial charge in [0, 0.05) is 17.0 Å². The molecule has 0 aliphatic carbocycles. The summed E-state index contributed by atoms with van der Waals surface area (Å²) in [6, 6.07) is 3.59. The first-order valence-corrected chi connectivity index (χ1v) is 8.37. The van der Waals surface area contributed by atoms with E-state index in [1.165, 1.54) is 16.2 Å². The first-order valence-electron chi connectivity index (χ1n) is 7.56. The van der Waals surface area contributed by atoms with Crippen molar-refractivity contribution in [2.45, 2.75) is 40.2 Å². The van der Waals surface area contributed by atoms with E-state index in [4.69, 9.17) is 0 Å². The Balaban J connectivity index is 2.50. The van der Waals surface area contributed by atoms with Gasteiger partial charge in [0.2, 0.25) is 11.8 Å². The van der Waals surface area contributed by atoms with Gasteiger partial charge in [-0.2, -0.15) is 0 Å². The number of likely N-dealkylation sites (N-methyl/N-ethyl adjacent to an activating group) is 1. The number of nitrogens with zero attached hydrogens (tertiary/aromatic N) is 1. The maximum Gasteiger partial charge on any atom is 0.261 e. The summed E-state index contributed by atoms with van der Waals surface area (Å²) in [6.45, 7) is 9.63. The fourth-order valence-electron chi connectivity index (χ4n) is 1.92. The molecule has 0 saturated carbocycles. The van der Waals surface area contributed by atoms with Crippen molar-refractivity contribution < 1.29 is 14.4 Å². The minimum atomic E-state index is -0.342. The number of carbonyl (C=O) groups is 3. The number of aryl methyl sites for hydroxylation is 1. The first-order chi connectivity index (χ1) is 10.6. The third kappa shape index (κ3) is 6.81. The van der Waals surface area contributed by atoms with Gasteiger partial charge < -0.3 is 15.5 Å². The van der Waals surface area contributed by atoms with Crippen LogP contribution in [0.3, 0.4) is 0 Å². The van der Waals surface area contributed by atoms with Crippen LogP contribution in [0.15, 0.2) is 12.1 Å². The maximum atomic E-state index is 12.2. The van der Waals surface area contributed by atoms with Crippen LogP contribution in [0.1, 0.15) is 42.2 Å². The molecule has 0 bridgehead atoms. The van der Waals surface area contributed by atoms with Gasteiger partial charge in [-0.1, -0.05) is 0 Å². The van der Waals surface area contributed by atoms with Crippen LogP contribution in [0.5, 0.6) is 0 Å². The number of carbonyl (C=O) groups excluding carboxylic acids is 3. The van der Waals surface area contributed by atoms with Gasteiger partial charge in [-0.25, -0.2) is 0 Å². The molecule has 7 heteroatoms. The topological polar surface area (TPSA) is 78.5 Å². The molecule has 0 unspecified atom stereocenters. The fourth-order valence-corrected chi connectivity index (χ4v) is 2.70. The number of hydrogen-bond acceptors (Lipinski definition) is 4. The Kier molecular flexibility index (Phi) is 6.75. The van der Waals surface area contributed by atoms with Gasteiger partial charge in [0.1, 0.15) is 0 Å². The van der Waals surface area contributed by atoms with Gasteiger partial charge in [0.15, 0.2) is 0 Å². The largest absolute Gasteiger partial charge is 0.350 e. The van der Waals surface area contributed by atoms with Gasteiger partial charge in [0.25, 0.3) is 5.91 Å². The molecule has 1 rings (SSSR count). The summed E-state index contributed by atoms with van der Waals surface area (Å²) in [5, 5.41) is 5.41. The molecular formula is C16H25N3O3S. The zero-order valence-corrected chi connectivity index (χ0v) is 15.2. The highest BCUT2D eigenvalue weighted by molar-refractivity contribution is 7.13. The van der Waals surface area contributed by atoms with E-state index < -0.39 is 0 Å². The zero-order chi connectivity index (χ0) is 17.6. The average Bonchev–Trinajstić information content (AvgIpc) is 2.86. The highest BCUT2D eigenvalue weighted by Gasteiger charge is 2.20.